The molecule has 102 valence electrons. The number of carbonyl (C=O) groups is 1. The first-order valence-corrected chi connectivity index (χ1v) is 8.40. The molecule has 0 bridgehead atoms. The van der Waals surface area contributed by atoms with E-state index < -0.39 is 9.84 Å². The smallest absolute Gasteiger partial charge is 0.265 e. The van der Waals surface area contributed by atoms with Gasteiger partial charge >= 0.3 is 0 Å². The molecule has 1 fully saturated rings. The van der Waals surface area contributed by atoms with Crippen molar-refractivity contribution in [3.8, 4) is 11.8 Å². The first kappa shape index (κ1) is 14.1. The summed E-state index contributed by atoms with van der Waals surface area (Å²) in [6.07, 6.45) is 0. The zero-order valence-corrected chi connectivity index (χ0v) is 11.8. The lowest BCUT2D eigenvalue weighted by Gasteiger charge is -2.26. The molecule has 1 aromatic rings. The van der Waals surface area contributed by atoms with E-state index in [-0.39, 0.29) is 37.1 Å². The minimum Gasteiger partial charge on any atom is -0.384 e. The van der Waals surface area contributed by atoms with Crippen molar-refractivity contribution in [3.63, 3.8) is 0 Å². The summed E-state index contributed by atoms with van der Waals surface area (Å²) in [6, 6.07) is 1.72. The van der Waals surface area contributed by atoms with Gasteiger partial charge in [0.2, 0.25) is 0 Å². The number of hydrogen-bond donors (Lipinski definition) is 1. The van der Waals surface area contributed by atoms with Gasteiger partial charge in [-0.2, -0.15) is 0 Å². The quantitative estimate of drug-likeness (QED) is 0.739. The van der Waals surface area contributed by atoms with E-state index in [1.165, 1.54) is 16.2 Å². The minimum absolute atomic E-state index is 0.0156. The Kier molecular flexibility index (Phi) is 4.24. The van der Waals surface area contributed by atoms with Crippen LogP contribution in [0.4, 0.5) is 0 Å². The molecular formula is C12H13NO4S2. The van der Waals surface area contributed by atoms with Crippen molar-refractivity contribution in [2.24, 2.45) is 0 Å². The number of rotatable bonds is 1. The van der Waals surface area contributed by atoms with Gasteiger partial charge in [-0.3, -0.25) is 4.79 Å². The molecule has 0 unspecified atom stereocenters. The summed E-state index contributed by atoms with van der Waals surface area (Å²) >= 11 is 1.28. The summed E-state index contributed by atoms with van der Waals surface area (Å²) in [5, 5.41) is 10.4. The molecule has 1 saturated heterocycles. The van der Waals surface area contributed by atoms with Crippen LogP contribution in [0.25, 0.3) is 0 Å². The maximum absolute atomic E-state index is 12.3. The van der Waals surface area contributed by atoms with Crippen molar-refractivity contribution in [3.05, 3.63) is 21.9 Å². The maximum Gasteiger partial charge on any atom is 0.265 e. The van der Waals surface area contributed by atoms with Gasteiger partial charge < -0.3 is 10.0 Å². The summed E-state index contributed by atoms with van der Waals surface area (Å²) in [6.45, 7) is 0.198. The van der Waals surface area contributed by atoms with Crippen molar-refractivity contribution in [2.45, 2.75) is 0 Å². The Morgan fingerprint density at radius 3 is 2.74 bits per heavy atom. The van der Waals surface area contributed by atoms with Gasteiger partial charge in [0.1, 0.15) is 11.5 Å². The van der Waals surface area contributed by atoms with Crippen LogP contribution in [0.15, 0.2) is 11.4 Å². The minimum atomic E-state index is -2.99. The summed E-state index contributed by atoms with van der Waals surface area (Å²) in [5.74, 6) is 5.07. The monoisotopic (exact) mass is 299 g/mol. The van der Waals surface area contributed by atoms with Gasteiger partial charge in [0.05, 0.1) is 11.5 Å². The Bertz CT molecular complexity index is 622. The third-order valence-electron chi connectivity index (χ3n) is 2.79. The first-order chi connectivity index (χ1) is 9.03. The molecule has 5 nitrogen and oxygen atoms in total. The number of amides is 1. The van der Waals surface area contributed by atoms with Gasteiger partial charge in [0.25, 0.3) is 5.91 Å². The standard InChI is InChI=1S/C12H13NO4S2/c14-6-1-2-10-3-7-18-11(10)12(15)13-4-8-19(16,17)9-5-13/h3,7,14H,4-6,8-9H2. The number of aliphatic hydroxyl groups is 1. The molecule has 2 rings (SSSR count). The van der Waals surface area contributed by atoms with Gasteiger partial charge in [-0.05, 0) is 11.4 Å². The van der Waals surface area contributed by atoms with Gasteiger partial charge in [-0.1, -0.05) is 11.8 Å². The van der Waals surface area contributed by atoms with Crippen LogP contribution in [-0.4, -0.2) is 55.5 Å². The van der Waals surface area contributed by atoms with Crippen LogP contribution in [0.3, 0.4) is 0 Å². The largest absolute Gasteiger partial charge is 0.384 e. The van der Waals surface area contributed by atoms with Crippen molar-refractivity contribution < 1.29 is 18.3 Å². The Morgan fingerprint density at radius 1 is 1.42 bits per heavy atom. The van der Waals surface area contributed by atoms with Crippen molar-refractivity contribution in [2.75, 3.05) is 31.2 Å². The fraction of sp³-hybridized carbons (Fsp3) is 0.417. The fourth-order valence-electron chi connectivity index (χ4n) is 1.77. The van der Waals surface area contributed by atoms with Crippen LogP contribution in [0.2, 0.25) is 0 Å². The van der Waals surface area contributed by atoms with E-state index in [4.69, 9.17) is 5.11 Å². The number of carbonyl (C=O) groups excluding carboxylic acids is 1. The highest BCUT2D eigenvalue weighted by Crippen LogP contribution is 2.19. The highest BCUT2D eigenvalue weighted by molar-refractivity contribution is 7.91. The first-order valence-electron chi connectivity index (χ1n) is 5.70. The number of sulfone groups is 1. The molecule has 1 aromatic heterocycles. The van der Waals surface area contributed by atoms with E-state index in [9.17, 15) is 13.2 Å². The predicted molar refractivity (Wildman–Crippen MR) is 72.8 cm³/mol. The third kappa shape index (κ3) is 3.35. The Labute approximate surface area is 115 Å². The second-order valence-electron chi connectivity index (χ2n) is 4.07. The SMILES string of the molecule is O=C(c1sccc1C#CCO)N1CCS(=O)(=O)CC1. The second-order valence-corrected chi connectivity index (χ2v) is 7.29. The molecule has 1 amide bonds. The zero-order chi connectivity index (χ0) is 13.9. The molecular weight excluding hydrogens is 286 g/mol. The van der Waals surface area contributed by atoms with E-state index in [1.807, 2.05) is 0 Å². The summed E-state index contributed by atoms with van der Waals surface area (Å²) < 4.78 is 22.7. The lowest BCUT2D eigenvalue weighted by atomic mass is 10.2. The van der Waals surface area contributed by atoms with E-state index in [0.29, 0.717) is 10.4 Å². The van der Waals surface area contributed by atoms with Gasteiger partial charge in [-0.25, -0.2) is 8.42 Å². The van der Waals surface area contributed by atoms with Crippen LogP contribution in [-0.2, 0) is 9.84 Å². The van der Waals surface area contributed by atoms with Crippen LogP contribution >= 0.6 is 11.3 Å². The van der Waals surface area contributed by atoms with Crippen LogP contribution in [0.1, 0.15) is 15.2 Å². The molecule has 1 N–H and O–H groups in total. The average molecular weight is 299 g/mol. The van der Waals surface area contributed by atoms with Crippen LogP contribution in [0, 0.1) is 11.8 Å². The molecule has 7 heteroatoms. The molecule has 1 aliphatic rings. The van der Waals surface area contributed by atoms with E-state index >= 15 is 0 Å². The van der Waals surface area contributed by atoms with Gasteiger partial charge in [0, 0.05) is 18.7 Å². The molecule has 0 spiro atoms. The topological polar surface area (TPSA) is 74.7 Å². The third-order valence-corrected chi connectivity index (χ3v) is 5.30. The Balaban J connectivity index is 2.15. The van der Waals surface area contributed by atoms with Gasteiger partial charge in [-0.15, -0.1) is 11.3 Å². The summed E-state index contributed by atoms with van der Waals surface area (Å²) in [7, 11) is -2.99. The second kappa shape index (κ2) is 5.74. The highest BCUT2D eigenvalue weighted by atomic mass is 32.2. The number of nitrogens with zero attached hydrogens (tertiary/aromatic N) is 1. The molecule has 0 aliphatic carbocycles. The fourth-order valence-corrected chi connectivity index (χ4v) is 3.78. The van der Waals surface area contributed by atoms with Crippen LogP contribution < -0.4 is 0 Å². The molecule has 19 heavy (non-hydrogen) atoms. The maximum atomic E-state index is 12.3. The van der Waals surface area contributed by atoms with E-state index in [2.05, 4.69) is 11.8 Å². The summed E-state index contributed by atoms with van der Waals surface area (Å²) in [5.41, 5.74) is 0.581. The number of hydrogen-bond acceptors (Lipinski definition) is 5. The van der Waals surface area contributed by atoms with Crippen molar-refractivity contribution >= 4 is 27.1 Å². The Morgan fingerprint density at radius 2 is 2.11 bits per heavy atom. The molecule has 0 saturated carbocycles. The van der Waals surface area contributed by atoms with Crippen molar-refractivity contribution in [1.82, 2.24) is 4.90 Å². The average Bonchev–Trinajstić information content (AvgIpc) is 2.83. The summed E-state index contributed by atoms with van der Waals surface area (Å²) in [4.78, 5) is 14.3. The normalized spacial score (nSPS) is 17.6. The molecule has 0 aromatic carbocycles. The van der Waals surface area contributed by atoms with Crippen molar-refractivity contribution in [1.29, 1.82) is 0 Å². The van der Waals surface area contributed by atoms with Crippen LogP contribution in [0.5, 0.6) is 0 Å². The zero-order valence-electron chi connectivity index (χ0n) is 10.1. The van der Waals surface area contributed by atoms with Gasteiger partial charge in [0.15, 0.2) is 9.84 Å². The molecule has 0 atom stereocenters. The molecule has 2 heterocycles. The lowest BCUT2D eigenvalue weighted by molar-refractivity contribution is 0.0775. The van der Waals surface area contributed by atoms with E-state index in [1.54, 1.807) is 11.4 Å². The highest BCUT2D eigenvalue weighted by Gasteiger charge is 2.27. The lowest BCUT2D eigenvalue weighted by Crippen LogP contribution is -2.43. The number of thiophene rings is 1. The predicted octanol–water partition coefficient (Wildman–Crippen LogP) is -0.0375. The molecule has 1 aliphatic heterocycles. The number of aliphatic hydroxyl groups excluding tert-OH is 1. The molecule has 0 radical (unpaired) electrons. The van der Waals surface area contributed by atoms with E-state index in [0.717, 1.165) is 0 Å². The Hall–Kier alpha value is -1.36.